The Kier molecular flexibility index (Phi) is 6.13. The van der Waals surface area contributed by atoms with Crippen molar-refractivity contribution in [3.05, 3.63) is 59.4 Å². The zero-order valence-electron chi connectivity index (χ0n) is 13.3. The van der Waals surface area contributed by atoms with Crippen molar-refractivity contribution in [2.24, 2.45) is 0 Å². The predicted molar refractivity (Wildman–Crippen MR) is 88.5 cm³/mol. The van der Waals surface area contributed by atoms with Gasteiger partial charge in [-0.1, -0.05) is 26.2 Å². The first-order valence-electron chi connectivity index (χ1n) is 7.91. The number of ether oxygens (including phenoxy) is 1. The number of pyridine rings is 1. The SMILES string of the molecule is CCCCCCOc1ccc(C(=O)c2ccnc(C)c2)cc1. The van der Waals surface area contributed by atoms with Gasteiger partial charge in [0.1, 0.15) is 5.75 Å². The summed E-state index contributed by atoms with van der Waals surface area (Å²) in [6.45, 7) is 4.81. The van der Waals surface area contributed by atoms with Crippen LogP contribution in [0.1, 0.15) is 54.2 Å². The van der Waals surface area contributed by atoms with Crippen LogP contribution in [0.4, 0.5) is 0 Å². The lowest BCUT2D eigenvalue weighted by atomic mass is 10.0. The second-order valence-corrected chi connectivity index (χ2v) is 5.45. The van der Waals surface area contributed by atoms with E-state index in [0.717, 1.165) is 24.5 Å². The Bertz CT molecular complexity index is 605. The van der Waals surface area contributed by atoms with Crippen molar-refractivity contribution < 1.29 is 9.53 Å². The molecule has 3 heteroatoms. The molecule has 0 fully saturated rings. The standard InChI is InChI=1S/C19H23NO2/c1-3-4-5-6-13-22-18-9-7-16(8-10-18)19(21)17-11-12-20-15(2)14-17/h7-12,14H,3-6,13H2,1-2H3. The van der Waals surface area contributed by atoms with Crippen LogP contribution in [0.15, 0.2) is 42.6 Å². The van der Waals surface area contributed by atoms with E-state index < -0.39 is 0 Å². The highest BCUT2D eigenvalue weighted by molar-refractivity contribution is 6.09. The van der Waals surface area contributed by atoms with Gasteiger partial charge in [-0.2, -0.15) is 0 Å². The number of hydrogen-bond acceptors (Lipinski definition) is 3. The number of unbranched alkanes of at least 4 members (excludes halogenated alkanes) is 3. The lowest BCUT2D eigenvalue weighted by Crippen LogP contribution is -2.03. The average Bonchev–Trinajstić information content (AvgIpc) is 2.54. The molecule has 1 aromatic heterocycles. The van der Waals surface area contributed by atoms with Gasteiger partial charge in [-0.25, -0.2) is 0 Å². The van der Waals surface area contributed by atoms with Crippen LogP contribution < -0.4 is 4.74 Å². The molecule has 0 aliphatic heterocycles. The Morgan fingerprint density at radius 2 is 1.82 bits per heavy atom. The Hall–Kier alpha value is -2.16. The Balaban J connectivity index is 1.92. The first kappa shape index (κ1) is 16.2. The molecule has 0 spiro atoms. The molecule has 0 radical (unpaired) electrons. The summed E-state index contributed by atoms with van der Waals surface area (Å²) in [6, 6.07) is 10.9. The molecule has 22 heavy (non-hydrogen) atoms. The van der Waals surface area contributed by atoms with Crippen LogP contribution in [0.5, 0.6) is 5.75 Å². The highest BCUT2D eigenvalue weighted by atomic mass is 16.5. The third kappa shape index (κ3) is 4.69. The molecule has 116 valence electrons. The van der Waals surface area contributed by atoms with Crippen molar-refractivity contribution in [1.82, 2.24) is 4.98 Å². The summed E-state index contributed by atoms with van der Waals surface area (Å²) in [5, 5.41) is 0. The van der Waals surface area contributed by atoms with E-state index in [9.17, 15) is 4.79 Å². The van der Waals surface area contributed by atoms with Crippen LogP contribution in [-0.2, 0) is 0 Å². The summed E-state index contributed by atoms with van der Waals surface area (Å²) >= 11 is 0. The number of aryl methyl sites for hydroxylation is 1. The third-order valence-electron chi connectivity index (χ3n) is 3.54. The summed E-state index contributed by atoms with van der Waals surface area (Å²) in [4.78, 5) is 16.5. The van der Waals surface area contributed by atoms with E-state index in [1.165, 1.54) is 19.3 Å². The Labute approximate surface area is 132 Å². The fraction of sp³-hybridized carbons (Fsp3) is 0.368. The predicted octanol–water partition coefficient (Wildman–Crippen LogP) is 4.58. The van der Waals surface area contributed by atoms with Crippen molar-refractivity contribution in [1.29, 1.82) is 0 Å². The number of benzene rings is 1. The number of nitrogens with zero attached hydrogens (tertiary/aromatic N) is 1. The van der Waals surface area contributed by atoms with Gasteiger partial charge in [-0.3, -0.25) is 9.78 Å². The van der Waals surface area contributed by atoms with Crippen molar-refractivity contribution in [2.45, 2.75) is 39.5 Å². The second kappa shape index (κ2) is 8.32. The molecule has 1 aromatic carbocycles. The fourth-order valence-electron chi connectivity index (χ4n) is 2.27. The highest BCUT2D eigenvalue weighted by Crippen LogP contribution is 2.16. The molecular weight excluding hydrogens is 274 g/mol. The number of ketones is 1. The maximum atomic E-state index is 12.4. The van der Waals surface area contributed by atoms with E-state index in [2.05, 4.69) is 11.9 Å². The summed E-state index contributed by atoms with van der Waals surface area (Å²) < 4.78 is 5.69. The van der Waals surface area contributed by atoms with Gasteiger partial charge in [0.25, 0.3) is 0 Å². The van der Waals surface area contributed by atoms with Gasteiger partial charge in [0.15, 0.2) is 5.78 Å². The zero-order valence-corrected chi connectivity index (χ0v) is 13.3. The highest BCUT2D eigenvalue weighted by Gasteiger charge is 2.09. The smallest absolute Gasteiger partial charge is 0.193 e. The summed E-state index contributed by atoms with van der Waals surface area (Å²) in [5.41, 5.74) is 2.18. The minimum Gasteiger partial charge on any atom is -0.494 e. The monoisotopic (exact) mass is 297 g/mol. The quantitative estimate of drug-likeness (QED) is 0.529. The minimum absolute atomic E-state index is 0.0139. The minimum atomic E-state index is 0.0139. The first-order chi connectivity index (χ1) is 10.7. The molecule has 0 unspecified atom stereocenters. The van der Waals surface area contributed by atoms with Gasteiger partial charge in [0.2, 0.25) is 0 Å². The molecule has 0 aliphatic rings. The lowest BCUT2D eigenvalue weighted by Gasteiger charge is -2.07. The molecule has 0 bridgehead atoms. The van der Waals surface area contributed by atoms with Gasteiger partial charge < -0.3 is 4.74 Å². The zero-order chi connectivity index (χ0) is 15.8. The van der Waals surface area contributed by atoms with Gasteiger partial charge in [0, 0.05) is 23.0 Å². The Morgan fingerprint density at radius 3 is 2.50 bits per heavy atom. The molecule has 0 saturated heterocycles. The van der Waals surface area contributed by atoms with Crippen LogP contribution >= 0.6 is 0 Å². The summed E-state index contributed by atoms with van der Waals surface area (Å²) in [6.07, 6.45) is 6.42. The molecule has 0 saturated carbocycles. The molecule has 0 aliphatic carbocycles. The van der Waals surface area contributed by atoms with E-state index >= 15 is 0 Å². The summed E-state index contributed by atoms with van der Waals surface area (Å²) in [5.74, 6) is 0.832. The molecule has 0 N–H and O–H groups in total. The second-order valence-electron chi connectivity index (χ2n) is 5.45. The average molecular weight is 297 g/mol. The molecule has 3 nitrogen and oxygen atoms in total. The number of aromatic nitrogens is 1. The maximum absolute atomic E-state index is 12.4. The largest absolute Gasteiger partial charge is 0.494 e. The molecule has 2 aromatic rings. The molecule has 2 rings (SSSR count). The normalized spacial score (nSPS) is 10.5. The third-order valence-corrected chi connectivity index (χ3v) is 3.54. The van der Waals surface area contributed by atoms with E-state index in [1.54, 1.807) is 18.3 Å². The number of carbonyl (C=O) groups is 1. The van der Waals surface area contributed by atoms with E-state index in [0.29, 0.717) is 11.1 Å². The van der Waals surface area contributed by atoms with Crippen molar-refractivity contribution >= 4 is 5.78 Å². The van der Waals surface area contributed by atoms with Crippen LogP contribution in [0.25, 0.3) is 0 Å². The maximum Gasteiger partial charge on any atom is 0.193 e. The molecular formula is C19H23NO2. The van der Waals surface area contributed by atoms with Crippen LogP contribution in [-0.4, -0.2) is 17.4 Å². The van der Waals surface area contributed by atoms with Crippen LogP contribution in [0, 0.1) is 6.92 Å². The number of rotatable bonds is 8. The van der Waals surface area contributed by atoms with Crippen molar-refractivity contribution in [3.63, 3.8) is 0 Å². The first-order valence-corrected chi connectivity index (χ1v) is 7.91. The van der Waals surface area contributed by atoms with Crippen molar-refractivity contribution in [2.75, 3.05) is 6.61 Å². The molecule has 0 atom stereocenters. The van der Waals surface area contributed by atoms with Crippen LogP contribution in [0.2, 0.25) is 0 Å². The topological polar surface area (TPSA) is 39.2 Å². The molecule has 1 heterocycles. The van der Waals surface area contributed by atoms with E-state index in [1.807, 2.05) is 31.2 Å². The molecule has 0 amide bonds. The van der Waals surface area contributed by atoms with Gasteiger partial charge in [0.05, 0.1) is 6.61 Å². The van der Waals surface area contributed by atoms with Gasteiger partial charge in [-0.05, 0) is 49.7 Å². The number of carbonyl (C=O) groups excluding carboxylic acids is 1. The Morgan fingerprint density at radius 1 is 1.05 bits per heavy atom. The number of hydrogen-bond donors (Lipinski definition) is 0. The van der Waals surface area contributed by atoms with E-state index in [-0.39, 0.29) is 5.78 Å². The lowest BCUT2D eigenvalue weighted by molar-refractivity contribution is 0.103. The fourth-order valence-corrected chi connectivity index (χ4v) is 2.27. The van der Waals surface area contributed by atoms with Gasteiger partial charge in [-0.15, -0.1) is 0 Å². The van der Waals surface area contributed by atoms with Crippen LogP contribution in [0.3, 0.4) is 0 Å². The summed E-state index contributed by atoms with van der Waals surface area (Å²) in [7, 11) is 0. The van der Waals surface area contributed by atoms with Gasteiger partial charge >= 0.3 is 0 Å². The van der Waals surface area contributed by atoms with Crippen molar-refractivity contribution in [3.8, 4) is 5.75 Å². The van der Waals surface area contributed by atoms with E-state index in [4.69, 9.17) is 4.74 Å².